The number of fused-ring (bicyclic) bond motifs is 1. The highest BCUT2D eigenvalue weighted by Gasteiger charge is 2.25. The Morgan fingerprint density at radius 3 is 2.45 bits per heavy atom. The van der Waals surface area contributed by atoms with Crippen molar-refractivity contribution in [3.63, 3.8) is 0 Å². The van der Waals surface area contributed by atoms with Gasteiger partial charge in [-0.1, -0.05) is 0 Å². The Kier molecular flexibility index (Phi) is 4.81. The van der Waals surface area contributed by atoms with E-state index in [1.807, 2.05) is 6.07 Å². The average Bonchev–Trinajstić information content (AvgIpc) is 3.06. The van der Waals surface area contributed by atoms with Crippen LogP contribution in [0, 0.1) is 17.1 Å². The van der Waals surface area contributed by atoms with Crippen LogP contribution in [0.15, 0.2) is 53.8 Å². The lowest BCUT2D eigenvalue weighted by Gasteiger charge is -2.09. The molecule has 0 fully saturated rings. The number of pyridine rings is 1. The molecule has 154 valence electrons. The number of carbonyl (C=O) groups is 1. The largest absolute Gasteiger partial charge is 0.294 e. The van der Waals surface area contributed by atoms with Crippen molar-refractivity contribution < 1.29 is 17.6 Å². The highest BCUT2D eigenvalue weighted by atomic mass is 32.2. The molecule has 3 aromatic heterocycles. The predicted octanol–water partition coefficient (Wildman–Crippen LogP) is 2.34. The first-order chi connectivity index (χ1) is 14.7. The minimum absolute atomic E-state index is 0.0623. The number of aromatic nitrogens is 4. The SMILES string of the molecule is CC(=O)c1cc2c(cc1F)c(C#N)c(-c1ccc(S(N)(=O)=O)cn1)n2-c1ncccn1. The van der Waals surface area contributed by atoms with Crippen LogP contribution < -0.4 is 5.14 Å². The van der Waals surface area contributed by atoms with Crippen LogP contribution in [-0.4, -0.2) is 33.7 Å². The van der Waals surface area contributed by atoms with Crippen LogP contribution in [-0.2, 0) is 10.0 Å². The number of nitriles is 1. The topological polar surface area (TPSA) is 145 Å². The van der Waals surface area contributed by atoms with E-state index in [1.54, 1.807) is 6.07 Å². The Labute approximate surface area is 175 Å². The van der Waals surface area contributed by atoms with Crippen LogP contribution >= 0.6 is 0 Å². The molecule has 0 amide bonds. The van der Waals surface area contributed by atoms with Gasteiger partial charge in [-0.2, -0.15) is 5.26 Å². The summed E-state index contributed by atoms with van der Waals surface area (Å²) in [7, 11) is -3.97. The van der Waals surface area contributed by atoms with Crippen LogP contribution in [0.25, 0.3) is 28.2 Å². The number of hydrogen-bond acceptors (Lipinski definition) is 7. The van der Waals surface area contributed by atoms with Gasteiger partial charge < -0.3 is 0 Å². The first-order valence-corrected chi connectivity index (χ1v) is 10.3. The Hall–Kier alpha value is -4.01. The van der Waals surface area contributed by atoms with Gasteiger partial charge >= 0.3 is 0 Å². The van der Waals surface area contributed by atoms with Gasteiger partial charge in [0.2, 0.25) is 16.0 Å². The molecule has 0 aliphatic heterocycles. The molecule has 4 aromatic rings. The molecule has 0 unspecified atom stereocenters. The molecule has 9 nitrogen and oxygen atoms in total. The highest BCUT2D eigenvalue weighted by Crippen LogP contribution is 2.36. The normalized spacial score (nSPS) is 11.4. The zero-order valence-electron chi connectivity index (χ0n) is 15.9. The van der Waals surface area contributed by atoms with E-state index >= 15 is 0 Å². The zero-order valence-corrected chi connectivity index (χ0v) is 16.8. The number of hydrogen-bond donors (Lipinski definition) is 1. The van der Waals surface area contributed by atoms with Crippen LogP contribution in [0.3, 0.4) is 0 Å². The summed E-state index contributed by atoms with van der Waals surface area (Å²) in [5.41, 5.74) is 0.645. The number of nitrogens with two attached hydrogens (primary N) is 1. The summed E-state index contributed by atoms with van der Waals surface area (Å²) in [5, 5.41) is 15.2. The van der Waals surface area contributed by atoms with Gasteiger partial charge in [0.15, 0.2) is 5.78 Å². The smallest absolute Gasteiger partial charge is 0.239 e. The fraction of sp³-hybridized carbons (Fsp3) is 0.0500. The molecule has 0 spiro atoms. The molecule has 11 heteroatoms. The predicted molar refractivity (Wildman–Crippen MR) is 108 cm³/mol. The third kappa shape index (κ3) is 3.43. The number of ketones is 1. The van der Waals surface area contributed by atoms with E-state index in [9.17, 15) is 22.9 Å². The zero-order chi connectivity index (χ0) is 22.3. The quantitative estimate of drug-likeness (QED) is 0.483. The van der Waals surface area contributed by atoms with Crippen LogP contribution in [0.5, 0.6) is 0 Å². The standard InChI is InChI=1S/C20H13FN6O3S/c1-11(28)13-8-18-14(7-16(13)21)15(9-22)19(27(18)20-24-5-2-6-25-20)17-4-3-12(10-26-17)31(23,29)30/h2-8,10H,1H3,(H2,23,29,30). The summed E-state index contributed by atoms with van der Waals surface area (Å²) >= 11 is 0. The second-order valence-corrected chi connectivity index (χ2v) is 8.11. The van der Waals surface area contributed by atoms with Crippen molar-refractivity contribution in [1.82, 2.24) is 19.5 Å². The van der Waals surface area contributed by atoms with Gasteiger partial charge in [-0.15, -0.1) is 0 Å². The van der Waals surface area contributed by atoms with Gasteiger partial charge in [0.1, 0.15) is 16.8 Å². The Morgan fingerprint density at radius 2 is 1.90 bits per heavy atom. The van der Waals surface area contributed by atoms with E-state index in [1.165, 1.54) is 42.1 Å². The molecule has 3 heterocycles. The van der Waals surface area contributed by atoms with Crippen molar-refractivity contribution in [1.29, 1.82) is 5.26 Å². The number of Topliss-reactive ketones (excluding diaryl/α,β-unsaturated/α-hetero) is 1. The number of halogens is 1. The number of carbonyl (C=O) groups excluding carboxylic acids is 1. The number of nitrogens with zero attached hydrogens (tertiary/aromatic N) is 5. The molecule has 2 N–H and O–H groups in total. The van der Waals surface area contributed by atoms with Gasteiger partial charge in [-0.25, -0.2) is 27.9 Å². The fourth-order valence-electron chi connectivity index (χ4n) is 3.24. The van der Waals surface area contributed by atoms with Gasteiger partial charge in [0.05, 0.1) is 28.0 Å². The lowest BCUT2D eigenvalue weighted by atomic mass is 10.1. The summed E-state index contributed by atoms with van der Waals surface area (Å²) in [5.74, 6) is -1.11. The first-order valence-electron chi connectivity index (χ1n) is 8.78. The molecule has 4 rings (SSSR count). The number of primary sulfonamides is 1. The minimum Gasteiger partial charge on any atom is -0.294 e. The summed E-state index contributed by atoms with van der Waals surface area (Å²) in [6, 6.07) is 8.68. The first kappa shape index (κ1) is 20.3. The maximum absolute atomic E-state index is 14.5. The van der Waals surface area contributed by atoms with Crippen LogP contribution in [0.1, 0.15) is 22.8 Å². The lowest BCUT2D eigenvalue weighted by molar-refractivity contribution is 0.101. The minimum atomic E-state index is -3.97. The molecule has 0 saturated carbocycles. The molecule has 0 aliphatic rings. The van der Waals surface area contributed by atoms with Crippen molar-refractivity contribution in [2.45, 2.75) is 11.8 Å². The molecule has 31 heavy (non-hydrogen) atoms. The molecule has 0 bridgehead atoms. The fourth-order valence-corrected chi connectivity index (χ4v) is 3.69. The van der Waals surface area contributed by atoms with Crippen LogP contribution in [0.2, 0.25) is 0 Å². The van der Waals surface area contributed by atoms with Gasteiger partial charge in [0.25, 0.3) is 0 Å². The molecular formula is C20H13FN6O3S. The van der Waals surface area contributed by atoms with Gasteiger partial charge in [-0.05, 0) is 37.3 Å². The Balaban J connectivity index is 2.13. The molecular weight excluding hydrogens is 423 g/mol. The van der Waals surface area contributed by atoms with Crippen molar-refractivity contribution in [2.75, 3.05) is 0 Å². The third-order valence-corrected chi connectivity index (χ3v) is 5.51. The third-order valence-electron chi connectivity index (χ3n) is 4.61. The van der Waals surface area contributed by atoms with Gasteiger partial charge in [-0.3, -0.25) is 14.3 Å². The molecule has 0 aliphatic carbocycles. The second-order valence-electron chi connectivity index (χ2n) is 6.55. The van der Waals surface area contributed by atoms with E-state index in [2.05, 4.69) is 15.0 Å². The molecule has 1 aromatic carbocycles. The van der Waals surface area contributed by atoms with Crippen molar-refractivity contribution in [3.05, 3.63) is 65.9 Å². The van der Waals surface area contributed by atoms with Crippen LogP contribution in [0.4, 0.5) is 4.39 Å². The highest BCUT2D eigenvalue weighted by molar-refractivity contribution is 7.89. The van der Waals surface area contributed by atoms with Crippen molar-refractivity contribution in [3.8, 4) is 23.4 Å². The monoisotopic (exact) mass is 436 g/mol. The van der Waals surface area contributed by atoms with E-state index in [4.69, 9.17) is 5.14 Å². The van der Waals surface area contributed by atoms with E-state index < -0.39 is 21.6 Å². The second kappa shape index (κ2) is 7.35. The van der Waals surface area contributed by atoms with Crippen molar-refractivity contribution in [2.24, 2.45) is 5.14 Å². The molecule has 0 radical (unpaired) electrons. The Morgan fingerprint density at radius 1 is 1.19 bits per heavy atom. The summed E-state index contributed by atoms with van der Waals surface area (Å²) in [4.78, 5) is 24.2. The Bertz CT molecular complexity index is 1490. The number of sulfonamides is 1. The van der Waals surface area contributed by atoms with E-state index in [0.29, 0.717) is 5.52 Å². The summed E-state index contributed by atoms with van der Waals surface area (Å²) in [6.07, 6.45) is 4.02. The maximum atomic E-state index is 14.5. The average molecular weight is 436 g/mol. The summed E-state index contributed by atoms with van der Waals surface area (Å²) < 4.78 is 39.1. The summed E-state index contributed by atoms with van der Waals surface area (Å²) in [6.45, 7) is 1.23. The number of benzene rings is 1. The maximum Gasteiger partial charge on any atom is 0.239 e. The van der Waals surface area contributed by atoms with E-state index in [-0.39, 0.29) is 38.7 Å². The number of rotatable bonds is 4. The molecule has 0 saturated heterocycles. The lowest BCUT2D eigenvalue weighted by Crippen LogP contribution is -2.12. The van der Waals surface area contributed by atoms with E-state index in [0.717, 1.165) is 12.3 Å². The van der Waals surface area contributed by atoms with Gasteiger partial charge in [0, 0.05) is 24.0 Å². The molecule has 0 atom stereocenters. The van der Waals surface area contributed by atoms with Crippen molar-refractivity contribution >= 4 is 26.7 Å².